The van der Waals surface area contributed by atoms with Gasteiger partial charge in [-0.2, -0.15) is 0 Å². The van der Waals surface area contributed by atoms with Gasteiger partial charge < -0.3 is 9.84 Å². The van der Waals surface area contributed by atoms with Gasteiger partial charge in [-0.25, -0.2) is 4.79 Å². The number of rotatable bonds is 3. The number of dihydropyridines is 1. The lowest BCUT2D eigenvalue weighted by Gasteiger charge is -2.14. The average Bonchev–Trinajstić information content (AvgIpc) is 2.33. The normalized spacial score (nSPS) is 14.9. The van der Waals surface area contributed by atoms with Gasteiger partial charge >= 0.3 is 5.97 Å². The van der Waals surface area contributed by atoms with Crippen LogP contribution in [0.1, 0.15) is 0 Å². The summed E-state index contributed by atoms with van der Waals surface area (Å²) in [7, 11) is 0. The quantitative estimate of drug-likeness (QED) is 0.828. The first kappa shape index (κ1) is 11.5. The molecule has 1 aliphatic heterocycles. The van der Waals surface area contributed by atoms with Crippen LogP contribution in [0, 0.1) is 0 Å². The summed E-state index contributed by atoms with van der Waals surface area (Å²) in [6.07, 6.45) is 1.27. The van der Waals surface area contributed by atoms with Gasteiger partial charge in [0.2, 0.25) is 0 Å². The van der Waals surface area contributed by atoms with E-state index in [-0.39, 0.29) is 17.9 Å². The maximum absolute atomic E-state index is 11.0. The van der Waals surface area contributed by atoms with E-state index in [0.29, 0.717) is 10.6 Å². The number of nitrogens with zero attached hydrogens (tertiary/aromatic N) is 1. The number of carboxylic acids is 1. The van der Waals surface area contributed by atoms with Crippen molar-refractivity contribution in [1.82, 2.24) is 0 Å². The highest BCUT2D eigenvalue weighted by Crippen LogP contribution is 2.18. The van der Waals surface area contributed by atoms with Crippen molar-refractivity contribution >= 4 is 29.3 Å². The van der Waals surface area contributed by atoms with Gasteiger partial charge in [-0.3, -0.25) is 4.99 Å². The minimum Gasteiger partial charge on any atom is -0.477 e. The van der Waals surface area contributed by atoms with Crippen LogP contribution in [-0.2, 0) is 4.79 Å². The van der Waals surface area contributed by atoms with Gasteiger partial charge in [0.15, 0.2) is 5.76 Å². The van der Waals surface area contributed by atoms with Crippen molar-refractivity contribution in [2.24, 2.45) is 4.99 Å². The standard InChI is InChI=1S/C12H9NO3S/c14-12(15)9-6-13-7-10(17)11(9)16-8-4-2-1-3-5-8/h1-6H,7H2,(H,14,15). The van der Waals surface area contributed by atoms with E-state index in [1.54, 1.807) is 24.3 Å². The molecule has 0 spiro atoms. The molecular weight excluding hydrogens is 238 g/mol. The first-order chi connectivity index (χ1) is 8.18. The van der Waals surface area contributed by atoms with Crippen molar-refractivity contribution in [2.45, 2.75) is 0 Å². The van der Waals surface area contributed by atoms with Crippen molar-refractivity contribution in [2.75, 3.05) is 6.54 Å². The molecule has 0 amide bonds. The van der Waals surface area contributed by atoms with Crippen LogP contribution in [0.25, 0.3) is 0 Å². The smallest absolute Gasteiger partial charge is 0.341 e. The molecule has 5 heteroatoms. The first-order valence-electron chi connectivity index (χ1n) is 4.92. The monoisotopic (exact) mass is 247 g/mol. The summed E-state index contributed by atoms with van der Waals surface area (Å²) in [4.78, 5) is 15.3. The predicted molar refractivity (Wildman–Crippen MR) is 67.7 cm³/mol. The Kier molecular flexibility index (Phi) is 3.30. The Bertz CT molecular complexity index is 520. The fraction of sp³-hybridized carbons (Fsp3) is 0.0833. The molecule has 1 N–H and O–H groups in total. The van der Waals surface area contributed by atoms with Crippen molar-refractivity contribution in [3.63, 3.8) is 0 Å². The van der Waals surface area contributed by atoms with Crippen LogP contribution in [0.5, 0.6) is 5.75 Å². The zero-order chi connectivity index (χ0) is 12.3. The Morgan fingerprint density at radius 1 is 1.35 bits per heavy atom. The second-order valence-electron chi connectivity index (χ2n) is 3.36. The Morgan fingerprint density at radius 2 is 2.06 bits per heavy atom. The molecule has 0 saturated carbocycles. The van der Waals surface area contributed by atoms with Gasteiger partial charge in [-0.15, -0.1) is 0 Å². The number of para-hydroxylation sites is 1. The van der Waals surface area contributed by atoms with Crippen molar-refractivity contribution in [1.29, 1.82) is 0 Å². The van der Waals surface area contributed by atoms with Crippen molar-refractivity contribution < 1.29 is 14.6 Å². The topological polar surface area (TPSA) is 58.9 Å². The van der Waals surface area contributed by atoms with E-state index < -0.39 is 5.97 Å². The number of aliphatic imine (C=N–C) groups is 1. The molecule has 0 aliphatic carbocycles. The van der Waals surface area contributed by atoms with Gasteiger partial charge in [0.05, 0.1) is 11.4 Å². The Hall–Kier alpha value is -2.01. The lowest BCUT2D eigenvalue weighted by molar-refractivity contribution is -0.132. The van der Waals surface area contributed by atoms with Gasteiger partial charge in [-0.1, -0.05) is 30.4 Å². The number of carboxylic acid groups (broad SMARTS) is 1. The predicted octanol–water partition coefficient (Wildman–Crippen LogP) is 1.86. The molecule has 2 rings (SSSR count). The summed E-state index contributed by atoms with van der Waals surface area (Å²) in [6, 6.07) is 8.92. The summed E-state index contributed by atoms with van der Waals surface area (Å²) in [6.45, 7) is 0.286. The SMILES string of the molecule is O=C(O)C1=C(Oc2ccccc2)C(=S)CN=C1. The summed E-state index contributed by atoms with van der Waals surface area (Å²) in [5, 5.41) is 9.02. The van der Waals surface area contributed by atoms with E-state index in [1.165, 1.54) is 6.21 Å². The number of thiocarbonyl (C=S) groups is 1. The molecule has 0 unspecified atom stereocenters. The van der Waals surface area contributed by atoms with E-state index >= 15 is 0 Å². The first-order valence-corrected chi connectivity index (χ1v) is 5.33. The van der Waals surface area contributed by atoms with Crippen LogP contribution in [0.15, 0.2) is 46.7 Å². The number of aliphatic carboxylic acids is 1. The Balaban J connectivity index is 2.36. The maximum Gasteiger partial charge on any atom is 0.341 e. The lowest BCUT2D eigenvalue weighted by Crippen LogP contribution is -2.21. The second-order valence-corrected chi connectivity index (χ2v) is 3.85. The number of carbonyl (C=O) groups is 1. The molecule has 0 bridgehead atoms. The zero-order valence-electron chi connectivity index (χ0n) is 8.79. The number of benzene rings is 1. The highest BCUT2D eigenvalue weighted by molar-refractivity contribution is 7.81. The molecule has 0 aromatic heterocycles. The zero-order valence-corrected chi connectivity index (χ0v) is 9.61. The number of hydrogen-bond acceptors (Lipinski definition) is 4. The highest BCUT2D eigenvalue weighted by atomic mass is 32.1. The molecule has 1 heterocycles. The minimum atomic E-state index is -1.10. The van der Waals surface area contributed by atoms with E-state index in [4.69, 9.17) is 22.1 Å². The van der Waals surface area contributed by atoms with E-state index in [2.05, 4.69) is 4.99 Å². The van der Waals surface area contributed by atoms with Gasteiger partial charge in [0, 0.05) is 6.21 Å². The second kappa shape index (κ2) is 4.88. The molecule has 0 radical (unpaired) electrons. The van der Waals surface area contributed by atoms with E-state index in [9.17, 15) is 4.79 Å². The summed E-state index contributed by atoms with van der Waals surface area (Å²) < 4.78 is 5.51. The third kappa shape index (κ3) is 2.57. The van der Waals surface area contributed by atoms with Crippen LogP contribution in [0.2, 0.25) is 0 Å². The van der Waals surface area contributed by atoms with Crippen LogP contribution in [-0.4, -0.2) is 28.7 Å². The lowest BCUT2D eigenvalue weighted by atomic mass is 10.1. The largest absolute Gasteiger partial charge is 0.477 e. The molecule has 0 atom stereocenters. The maximum atomic E-state index is 11.0. The van der Waals surface area contributed by atoms with Crippen molar-refractivity contribution in [3.05, 3.63) is 41.7 Å². The van der Waals surface area contributed by atoms with Gasteiger partial charge in [0.25, 0.3) is 0 Å². The summed E-state index contributed by atoms with van der Waals surface area (Å²) >= 11 is 5.06. The van der Waals surface area contributed by atoms with Gasteiger partial charge in [-0.05, 0) is 12.1 Å². The van der Waals surface area contributed by atoms with Crippen LogP contribution in [0.4, 0.5) is 0 Å². The van der Waals surface area contributed by atoms with Crippen LogP contribution in [0.3, 0.4) is 0 Å². The molecule has 1 aromatic carbocycles. The van der Waals surface area contributed by atoms with Crippen LogP contribution < -0.4 is 4.74 Å². The third-order valence-electron chi connectivity index (χ3n) is 2.15. The molecule has 0 saturated heterocycles. The molecular formula is C12H9NO3S. The fourth-order valence-corrected chi connectivity index (χ4v) is 1.60. The molecule has 17 heavy (non-hydrogen) atoms. The molecule has 1 aromatic rings. The molecule has 0 fully saturated rings. The summed E-state index contributed by atoms with van der Waals surface area (Å²) in [5.41, 5.74) is -0.00916. The van der Waals surface area contributed by atoms with E-state index in [1.807, 2.05) is 6.07 Å². The van der Waals surface area contributed by atoms with Crippen LogP contribution >= 0.6 is 12.2 Å². The van der Waals surface area contributed by atoms with E-state index in [0.717, 1.165) is 0 Å². The Morgan fingerprint density at radius 3 is 2.71 bits per heavy atom. The number of ether oxygens (including phenoxy) is 1. The summed E-state index contributed by atoms with van der Waals surface area (Å²) in [5.74, 6) is -0.339. The highest BCUT2D eigenvalue weighted by Gasteiger charge is 2.21. The molecule has 86 valence electrons. The average molecular weight is 247 g/mol. The Labute approximate surface area is 103 Å². The molecule has 4 nitrogen and oxygen atoms in total. The fourth-order valence-electron chi connectivity index (χ4n) is 1.37. The van der Waals surface area contributed by atoms with Gasteiger partial charge in [0.1, 0.15) is 11.3 Å². The minimum absolute atomic E-state index is 0.00916. The third-order valence-corrected chi connectivity index (χ3v) is 2.46. The molecule has 1 aliphatic rings. The van der Waals surface area contributed by atoms with Crippen molar-refractivity contribution in [3.8, 4) is 5.75 Å². The number of hydrogen-bond donors (Lipinski definition) is 1.